The maximum Gasteiger partial charge on any atom is 0.0624 e. The van der Waals surface area contributed by atoms with Crippen molar-refractivity contribution in [2.45, 2.75) is 24.9 Å². The molecule has 5 heteroatoms. The largest absolute Gasteiger partial charge is 0.326 e. The van der Waals surface area contributed by atoms with Crippen LogP contribution >= 0.6 is 23.2 Å². The number of halogens is 2. The molecule has 0 saturated carbocycles. The van der Waals surface area contributed by atoms with E-state index >= 15 is 0 Å². The molecule has 1 fully saturated rings. The fourth-order valence-electron chi connectivity index (χ4n) is 2.86. The SMILES string of the molecule is CN1CCCN(C)C(C(N)Cc2cccc(Cl)c2Cl)C1. The Labute approximate surface area is 131 Å². The second-order valence-electron chi connectivity index (χ2n) is 5.74. The van der Waals surface area contributed by atoms with Crippen molar-refractivity contribution in [3.63, 3.8) is 0 Å². The summed E-state index contributed by atoms with van der Waals surface area (Å²) in [6, 6.07) is 6.15. The molecule has 1 saturated heterocycles. The van der Waals surface area contributed by atoms with E-state index in [1.807, 2.05) is 18.2 Å². The summed E-state index contributed by atoms with van der Waals surface area (Å²) >= 11 is 12.3. The first-order valence-corrected chi connectivity index (χ1v) is 7.82. The fourth-order valence-corrected chi connectivity index (χ4v) is 3.26. The molecule has 1 aromatic rings. The van der Waals surface area contributed by atoms with Gasteiger partial charge in [-0.05, 0) is 51.7 Å². The summed E-state index contributed by atoms with van der Waals surface area (Å²) < 4.78 is 0. The zero-order valence-corrected chi connectivity index (χ0v) is 13.7. The van der Waals surface area contributed by atoms with E-state index < -0.39 is 0 Å². The standard InChI is InChI=1S/C15H23Cl2N3/c1-19-7-4-8-20(2)14(10-19)13(18)9-11-5-3-6-12(16)15(11)17/h3,5-6,13-14H,4,7-10,18H2,1-2H3. The van der Waals surface area contributed by atoms with Gasteiger partial charge >= 0.3 is 0 Å². The predicted octanol–water partition coefficient (Wildman–Crippen LogP) is 2.50. The molecule has 2 unspecified atom stereocenters. The van der Waals surface area contributed by atoms with Crippen LogP contribution in [0.5, 0.6) is 0 Å². The minimum Gasteiger partial charge on any atom is -0.326 e. The molecule has 1 aliphatic heterocycles. The van der Waals surface area contributed by atoms with Crippen molar-refractivity contribution in [3.05, 3.63) is 33.8 Å². The zero-order chi connectivity index (χ0) is 14.7. The van der Waals surface area contributed by atoms with Gasteiger partial charge in [0.1, 0.15) is 0 Å². The van der Waals surface area contributed by atoms with Gasteiger partial charge in [0.15, 0.2) is 0 Å². The van der Waals surface area contributed by atoms with E-state index in [0.717, 1.165) is 31.6 Å². The second-order valence-corrected chi connectivity index (χ2v) is 6.53. The summed E-state index contributed by atoms with van der Waals surface area (Å²) in [7, 11) is 4.31. The number of likely N-dealkylation sites (N-methyl/N-ethyl adjacent to an activating group) is 2. The number of hydrogen-bond donors (Lipinski definition) is 1. The molecule has 0 aliphatic carbocycles. The van der Waals surface area contributed by atoms with Gasteiger partial charge in [-0.15, -0.1) is 0 Å². The number of nitrogens with zero attached hydrogens (tertiary/aromatic N) is 2. The number of benzene rings is 1. The molecule has 2 rings (SSSR count). The van der Waals surface area contributed by atoms with Crippen LogP contribution in [0.15, 0.2) is 18.2 Å². The smallest absolute Gasteiger partial charge is 0.0624 e. The van der Waals surface area contributed by atoms with Crippen molar-refractivity contribution in [2.75, 3.05) is 33.7 Å². The maximum absolute atomic E-state index is 6.45. The van der Waals surface area contributed by atoms with Gasteiger partial charge in [-0.25, -0.2) is 0 Å². The summed E-state index contributed by atoms with van der Waals surface area (Å²) in [6.07, 6.45) is 1.94. The highest BCUT2D eigenvalue weighted by Gasteiger charge is 2.26. The summed E-state index contributed by atoms with van der Waals surface area (Å²) in [6.45, 7) is 3.22. The van der Waals surface area contributed by atoms with Gasteiger partial charge in [0, 0.05) is 18.6 Å². The van der Waals surface area contributed by atoms with Crippen LogP contribution in [0.25, 0.3) is 0 Å². The molecular formula is C15H23Cl2N3. The second kappa shape index (κ2) is 7.10. The molecule has 0 aromatic heterocycles. The first-order valence-electron chi connectivity index (χ1n) is 7.06. The van der Waals surface area contributed by atoms with Crippen LogP contribution in [0.1, 0.15) is 12.0 Å². The first kappa shape index (κ1) is 16.1. The molecule has 1 heterocycles. The monoisotopic (exact) mass is 315 g/mol. The average Bonchev–Trinajstić information content (AvgIpc) is 2.57. The third-order valence-corrected chi connectivity index (χ3v) is 4.95. The lowest BCUT2D eigenvalue weighted by molar-refractivity contribution is 0.195. The van der Waals surface area contributed by atoms with E-state index in [-0.39, 0.29) is 6.04 Å². The molecule has 112 valence electrons. The minimum absolute atomic E-state index is 0.0523. The van der Waals surface area contributed by atoms with Crippen molar-refractivity contribution in [3.8, 4) is 0 Å². The van der Waals surface area contributed by atoms with Gasteiger partial charge in [0.2, 0.25) is 0 Å². The predicted molar refractivity (Wildman–Crippen MR) is 86.7 cm³/mol. The van der Waals surface area contributed by atoms with E-state index in [4.69, 9.17) is 28.9 Å². The number of hydrogen-bond acceptors (Lipinski definition) is 3. The highest BCUT2D eigenvalue weighted by molar-refractivity contribution is 6.42. The van der Waals surface area contributed by atoms with Gasteiger partial charge in [-0.1, -0.05) is 35.3 Å². The van der Waals surface area contributed by atoms with Gasteiger partial charge in [0.05, 0.1) is 10.0 Å². The Morgan fingerprint density at radius 2 is 2.05 bits per heavy atom. The Hall–Kier alpha value is -0.320. The molecule has 0 amide bonds. The van der Waals surface area contributed by atoms with Crippen LogP contribution in [0.2, 0.25) is 10.0 Å². The third kappa shape index (κ3) is 3.86. The number of rotatable bonds is 3. The van der Waals surface area contributed by atoms with Crippen LogP contribution in [-0.4, -0.2) is 55.6 Å². The average molecular weight is 316 g/mol. The van der Waals surface area contributed by atoms with Gasteiger partial charge < -0.3 is 15.5 Å². The van der Waals surface area contributed by atoms with E-state index in [1.165, 1.54) is 6.42 Å². The Balaban J connectivity index is 2.09. The Kier molecular flexibility index (Phi) is 5.70. The lowest BCUT2D eigenvalue weighted by Gasteiger charge is -2.32. The summed E-state index contributed by atoms with van der Waals surface area (Å²) in [5.41, 5.74) is 7.49. The van der Waals surface area contributed by atoms with E-state index in [9.17, 15) is 0 Å². The normalized spacial score (nSPS) is 23.6. The molecule has 1 aromatic carbocycles. The maximum atomic E-state index is 6.45. The van der Waals surface area contributed by atoms with Gasteiger partial charge in [0.25, 0.3) is 0 Å². The van der Waals surface area contributed by atoms with Gasteiger partial charge in [-0.3, -0.25) is 0 Å². The fraction of sp³-hybridized carbons (Fsp3) is 0.600. The molecule has 1 aliphatic rings. The van der Waals surface area contributed by atoms with E-state index in [2.05, 4.69) is 23.9 Å². The lowest BCUT2D eigenvalue weighted by Crippen LogP contribution is -2.51. The van der Waals surface area contributed by atoms with E-state index in [1.54, 1.807) is 0 Å². The van der Waals surface area contributed by atoms with Crippen LogP contribution < -0.4 is 5.73 Å². The first-order chi connectivity index (χ1) is 9.49. The molecule has 2 N–H and O–H groups in total. The quantitative estimate of drug-likeness (QED) is 0.930. The molecule has 0 radical (unpaired) electrons. The van der Waals surface area contributed by atoms with Crippen LogP contribution in [0.3, 0.4) is 0 Å². The van der Waals surface area contributed by atoms with E-state index in [0.29, 0.717) is 16.1 Å². The van der Waals surface area contributed by atoms with Crippen LogP contribution in [-0.2, 0) is 6.42 Å². The molecule has 2 atom stereocenters. The van der Waals surface area contributed by atoms with Crippen LogP contribution in [0, 0.1) is 0 Å². The summed E-state index contributed by atoms with van der Waals surface area (Å²) in [5, 5.41) is 1.23. The molecule has 20 heavy (non-hydrogen) atoms. The molecular weight excluding hydrogens is 293 g/mol. The van der Waals surface area contributed by atoms with Crippen molar-refractivity contribution in [1.82, 2.24) is 9.80 Å². The highest BCUT2D eigenvalue weighted by Crippen LogP contribution is 2.27. The van der Waals surface area contributed by atoms with Crippen molar-refractivity contribution < 1.29 is 0 Å². The molecule has 0 bridgehead atoms. The van der Waals surface area contributed by atoms with Gasteiger partial charge in [-0.2, -0.15) is 0 Å². The Bertz CT molecular complexity index is 453. The van der Waals surface area contributed by atoms with Crippen LogP contribution in [0.4, 0.5) is 0 Å². The zero-order valence-electron chi connectivity index (χ0n) is 12.1. The Morgan fingerprint density at radius 3 is 2.80 bits per heavy atom. The van der Waals surface area contributed by atoms with Crippen molar-refractivity contribution in [1.29, 1.82) is 0 Å². The molecule has 0 spiro atoms. The Morgan fingerprint density at radius 1 is 1.30 bits per heavy atom. The minimum atomic E-state index is 0.0523. The highest BCUT2D eigenvalue weighted by atomic mass is 35.5. The third-order valence-electron chi connectivity index (χ3n) is 4.10. The van der Waals surface area contributed by atoms with Crippen molar-refractivity contribution >= 4 is 23.2 Å². The number of nitrogens with two attached hydrogens (primary N) is 1. The molecule has 3 nitrogen and oxygen atoms in total. The topological polar surface area (TPSA) is 32.5 Å². The van der Waals surface area contributed by atoms with Crippen molar-refractivity contribution in [2.24, 2.45) is 5.73 Å². The summed E-state index contributed by atoms with van der Waals surface area (Å²) in [4.78, 5) is 4.72. The summed E-state index contributed by atoms with van der Waals surface area (Å²) in [5.74, 6) is 0. The lowest BCUT2D eigenvalue weighted by atomic mass is 9.99.